The zero-order valence-corrected chi connectivity index (χ0v) is 11.4. The first-order chi connectivity index (χ1) is 7.58. The maximum absolute atomic E-state index is 7.42. The highest BCUT2D eigenvalue weighted by atomic mass is 15.2. The maximum Gasteiger partial charge on any atom is 0.0921 e. The molecule has 0 bridgehead atoms. The van der Waals surface area contributed by atoms with E-state index in [1.165, 1.54) is 12.8 Å². The van der Waals surface area contributed by atoms with Crippen LogP contribution in [0, 0.1) is 11.3 Å². The van der Waals surface area contributed by atoms with E-state index in [0.717, 1.165) is 25.4 Å². The summed E-state index contributed by atoms with van der Waals surface area (Å²) in [7, 11) is 0. The van der Waals surface area contributed by atoms with Gasteiger partial charge in [0.05, 0.1) is 5.84 Å². The average Bonchev–Trinajstić information content (AvgIpc) is 2.28. The molecule has 0 rings (SSSR count). The molecule has 0 saturated carbocycles. The molecule has 3 N–H and O–H groups in total. The van der Waals surface area contributed by atoms with Crippen molar-refractivity contribution in [3.63, 3.8) is 0 Å². The molecule has 1 atom stereocenters. The number of nitrogens with one attached hydrogen (secondary N) is 1. The first-order valence-electron chi connectivity index (χ1n) is 6.65. The van der Waals surface area contributed by atoms with E-state index in [-0.39, 0.29) is 0 Å². The minimum absolute atomic E-state index is 0.315. The van der Waals surface area contributed by atoms with Gasteiger partial charge >= 0.3 is 0 Å². The van der Waals surface area contributed by atoms with E-state index in [4.69, 9.17) is 11.1 Å². The van der Waals surface area contributed by atoms with Crippen molar-refractivity contribution in [3.8, 4) is 0 Å². The van der Waals surface area contributed by atoms with Crippen LogP contribution in [0.25, 0.3) is 0 Å². The van der Waals surface area contributed by atoms with E-state index < -0.39 is 0 Å². The summed E-state index contributed by atoms with van der Waals surface area (Å²) in [4.78, 5) is 2.49. The van der Waals surface area contributed by atoms with E-state index in [9.17, 15) is 0 Å². The highest BCUT2D eigenvalue weighted by Crippen LogP contribution is 2.15. The number of hydrogen-bond acceptors (Lipinski definition) is 2. The van der Waals surface area contributed by atoms with Gasteiger partial charge in [0.1, 0.15) is 0 Å². The van der Waals surface area contributed by atoms with Gasteiger partial charge in [0.2, 0.25) is 0 Å². The molecule has 0 fully saturated rings. The fourth-order valence-corrected chi connectivity index (χ4v) is 2.20. The Bertz CT molecular complexity index is 188. The SMILES string of the molecule is CCC(CC)CN(CC)C(CC)CC(=N)N. The van der Waals surface area contributed by atoms with Crippen molar-refractivity contribution in [1.29, 1.82) is 5.41 Å². The molecule has 0 aliphatic heterocycles. The highest BCUT2D eigenvalue weighted by Gasteiger charge is 2.18. The van der Waals surface area contributed by atoms with Gasteiger partial charge in [-0.15, -0.1) is 0 Å². The van der Waals surface area contributed by atoms with E-state index in [1.54, 1.807) is 0 Å². The first-order valence-corrected chi connectivity index (χ1v) is 6.65. The van der Waals surface area contributed by atoms with Gasteiger partial charge in [-0.1, -0.05) is 40.5 Å². The molecule has 0 heterocycles. The number of hydrogen-bond donors (Lipinski definition) is 2. The molecule has 96 valence electrons. The summed E-state index contributed by atoms with van der Waals surface area (Å²) in [6.45, 7) is 11.1. The molecule has 0 spiro atoms. The summed E-state index contributed by atoms with van der Waals surface area (Å²) in [6.07, 6.45) is 4.27. The first kappa shape index (κ1) is 15.4. The summed E-state index contributed by atoms with van der Waals surface area (Å²) in [5.74, 6) is 1.09. The van der Waals surface area contributed by atoms with Crippen LogP contribution < -0.4 is 5.73 Å². The second kappa shape index (κ2) is 8.57. The van der Waals surface area contributed by atoms with Crippen LogP contribution in [0.5, 0.6) is 0 Å². The lowest BCUT2D eigenvalue weighted by molar-refractivity contribution is 0.169. The lowest BCUT2D eigenvalue weighted by atomic mass is 10.0. The Morgan fingerprint density at radius 3 is 2.00 bits per heavy atom. The molecule has 0 radical (unpaired) electrons. The van der Waals surface area contributed by atoms with Gasteiger partial charge in [0.25, 0.3) is 0 Å². The largest absolute Gasteiger partial charge is 0.388 e. The molecule has 0 aromatic carbocycles. The standard InChI is InChI=1S/C13H29N3/c1-5-11(6-2)10-16(8-4)12(7-3)9-13(14)15/h11-12H,5-10H2,1-4H3,(H3,14,15). The Morgan fingerprint density at radius 1 is 1.12 bits per heavy atom. The monoisotopic (exact) mass is 227 g/mol. The Labute approximate surface area is 101 Å². The Kier molecular flexibility index (Phi) is 8.26. The number of amidine groups is 1. The Balaban J connectivity index is 4.36. The van der Waals surface area contributed by atoms with Gasteiger partial charge in [-0.2, -0.15) is 0 Å². The fourth-order valence-electron chi connectivity index (χ4n) is 2.20. The molecular formula is C13H29N3. The quantitative estimate of drug-likeness (QED) is 0.470. The van der Waals surface area contributed by atoms with Crippen molar-refractivity contribution in [1.82, 2.24) is 4.90 Å². The van der Waals surface area contributed by atoms with Crippen molar-refractivity contribution < 1.29 is 0 Å². The van der Waals surface area contributed by atoms with Gasteiger partial charge in [-0.3, -0.25) is 10.3 Å². The maximum atomic E-state index is 7.42. The average molecular weight is 227 g/mol. The number of rotatable bonds is 9. The van der Waals surface area contributed by atoms with Crippen molar-refractivity contribution in [2.45, 2.75) is 59.4 Å². The van der Waals surface area contributed by atoms with Crippen molar-refractivity contribution in [2.75, 3.05) is 13.1 Å². The lowest BCUT2D eigenvalue weighted by Gasteiger charge is -2.32. The molecule has 0 amide bonds. The van der Waals surface area contributed by atoms with Crippen LogP contribution in [-0.2, 0) is 0 Å². The second-order valence-electron chi connectivity index (χ2n) is 4.56. The van der Waals surface area contributed by atoms with E-state index in [1.807, 2.05) is 0 Å². The summed E-state index contributed by atoms with van der Waals surface area (Å²) in [6, 6.07) is 0.447. The molecule has 16 heavy (non-hydrogen) atoms. The Morgan fingerprint density at radius 2 is 1.69 bits per heavy atom. The van der Waals surface area contributed by atoms with E-state index in [2.05, 4.69) is 32.6 Å². The molecule has 0 aliphatic carbocycles. The van der Waals surface area contributed by atoms with Gasteiger partial charge in [-0.05, 0) is 18.9 Å². The third-order valence-electron chi connectivity index (χ3n) is 3.50. The third-order valence-corrected chi connectivity index (χ3v) is 3.50. The third kappa shape index (κ3) is 5.50. The molecular weight excluding hydrogens is 198 g/mol. The van der Waals surface area contributed by atoms with Crippen LogP contribution in [0.2, 0.25) is 0 Å². The minimum Gasteiger partial charge on any atom is -0.388 e. The molecule has 3 nitrogen and oxygen atoms in total. The summed E-state index contributed by atoms with van der Waals surface area (Å²) in [5.41, 5.74) is 5.51. The predicted molar refractivity (Wildman–Crippen MR) is 71.9 cm³/mol. The zero-order chi connectivity index (χ0) is 12.6. The van der Waals surface area contributed by atoms with Crippen LogP contribution in [0.1, 0.15) is 53.4 Å². The van der Waals surface area contributed by atoms with Crippen molar-refractivity contribution >= 4 is 5.84 Å². The van der Waals surface area contributed by atoms with Crippen LogP contribution in [0.15, 0.2) is 0 Å². The normalized spacial score (nSPS) is 13.4. The fraction of sp³-hybridized carbons (Fsp3) is 0.923. The minimum atomic E-state index is 0.315. The predicted octanol–water partition coefficient (Wildman–Crippen LogP) is 2.85. The second-order valence-corrected chi connectivity index (χ2v) is 4.56. The number of nitrogens with zero attached hydrogens (tertiary/aromatic N) is 1. The van der Waals surface area contributed by atoms with E-state index in [0.29, 0.717) is 18.3 Å². The molecule has 1 unspecified atom stereocenters. The zero-order valence-electron chi connectivity index (χ0n) is 11.4. The number of nitrogens with two attached hydrogens (primary N) is 1. The topological polar surface area (TPSA) is 53.1 Å². The Hall–Kier alpha value is -0.570. The van der Waals surface area contributed by atoms with Gasteiger partial charge in [0, 0.05) is 19.0 Å². The van der Waals surface area contributed by atoms with Crippen molar-refractivity contribution in [2.24, 2.45) is 11.7 Å². The molecule has 0 saturated heterocycles. The summed E-state index contributed by atoms with van der Waals surface area (Å²) >= 11 is 0. The smallest absolute Gasteiger partial charge is 0.0921 e. The molecule has 3 heteroatoms. The van der Waals surface area contributed by atoms with Gasteiger partial charge in [-0.25, -0.2) is 0 Å². The molecule has 0 aromatic heterocycles. The summed E-state index contributed by atoms with van der Waals surface area (Å²) in [5, 5.41) is 7.42. The molecule has 0 aliphatic rings. The van der Waals surface area contributed by atoms with E-state index >= 15 is 0 Å². The summed E-state index contributed by atoms with van der Waals surface area (Å²) < 4.78 is 0. The molecule has 0 aromatic rings. The van der Waals surface area contributed by atoms with Crippen LogP contribution in [-0.4, -0.2) is 29.9 Å². The van der Waals surface area contributed by atoms with Crippen LogP contribution >= 0.6 is 0 Å². The highest BCUT2D eigenvalue weighted by molar-refractivity contribution is 5.77. The van der Waals surface area contributed by atoms with Gasteiger partial charge < -0.3 is 5.73 Å². The van der Waals surface area contributed by atoms with Crippen molar-refractivity contribution in [3.05, 3.63) is 0 Å². The van der Waals surface area contributed by atoms with Crippen LogP contribution in [0.3, 0.4) is 0 Å². The van der Waals surface area contributed by atoms with Crippen LogP contribution in [0.4, 0.5) is 0 Å². The lowest BCUT2D eigenvalue weighted by Crippen LogP contribution is -2.40. The van der Waals surface area contributed by atoms with Gasteiger partial charge in [0.15, 0.2) is 0 Å².